The van der Waals surface area contributed by atoms with Crippen molar-refractivity contribution in [1.82, 2.24) is 9.96 Å². The number of piperidine rings is 3. The minimum Gasteiger partial charge on any atom is -0.496 e. The van der Waals surface area contributed by atoms with Crippen LogP contribution in [0.4, 0.5) is 5.69 Å². The van der Waals surface area contributed by atoms with Crippen LogP contribution in [0.1, 0.15) is 23.2 Å². The number of ether oxygens (including phenoxy) is 1. The summed E-state index contributed by atoms with van der Waals surface area (Å²) in [5.41, 5.74) is 0.947. The monoisotopic (exact) mass is 339 g/mol. The van der Waals surface area contributed by atoms with E-state index in [1.54, 1.807) is 19.2 Å². The number of carbonyl (C=O) groups is 1. The van der Waals surface area contributed by atoms with E-state index >= 15 is 0 Å². The second kappa shape index (κ2) is 6.55. The van der Waals surface area contributed by atoms with Gasteiger partial charge in [-0.15, -0.1) is 0 Å². The van der Waals surface area contributed by atoms with Crippen LogP contribution >= 0.6 is 11.6 Å². The van der Waals surface area contributed by atoms with E-state index in [0.29, 0.717) is 22.4 Å². The summed E-state index contributed by atoms with van der Waals surface area (Å²) in [6, 6.07) is 3.04. The SMILES string of the molecule is CNc1cc(OC)c(C(=O)N(O)C2CN3CCC2CC3)cc1Cl. The van der Waals surface area contributed by atoms with E-state index in [1.165, 1.54) is 7.11 Å². The number of rotatable bonds is 4. The second-order valence-corrected chi connectivity index (χ2v) is 6.54. The fourth-order valence-corrected chi connectivity index (χ4v) is 3.82. The van der Waals surface area contributed by atoms with Gasteiger partial charge in [-0.1, -0.05) is 11.6 Å². The number of nitrogens with zero attached hydrogens (tertiary/aromatic N) is 2. The highest BCUT2D eigenvalue weighted by Gasteiger charge is 2.39. The van der Waals surface area contributed by atoms with Crippen molar-refractivity contribution in [3.8, 4) is 5.75 Å². The predicted octanol–water partition coefficient (Wildman–Crippen LogP) is 2.32. The molecule has 2 bridgehead atoms. The van der Waals surface area contributed by atoms with Crippen LogP contribution in [-0.4, -0.2) is 60.9 Å². The van der Waals surface area contributed by atoms with Crippen LogP contribution in [0.15, 0.2) is 12.1 Å². The van der Waals surface area contributed by atoms with Crippen LogP contribution in [0.3, 0.4) is 0 Å². The fraction of sp³-hybridized carbons (Fsp3) is 0.562. The third-order valence-electron chi connectivity index (χ3n) is 4.93. The maximum atomic E-state index is 12.8. The quantitative estimate of drug-likeness (QED) is 0.651. The number of nitrogens with one attached hydrogen (secondary N) is 1. The number of methoxy groups -OCH3 is 1. The van der Waals surface area contributed by atoms with E-state index in [2.05, 4.69) is 10.2 Å². The highest BCUT2D eigenvalue weighted by atomic mass is 35.5. The first-order chi connectivity index (χ1) is 11.0. The summed E-state index contributed by atoms with van der Waals surface area (Å²) < 4.78 is 5.30. The van der Waals surface area contributed by atoms with Crippen molar-refractivity contribution in [3.05, 3.63) is 22.7 Å². The Morgan fingerprint density at radius 1 is 1.43 bits per heavy atom. The number of hydrogen-bond acceptors (Lipinski definition) is 5. The first-order valence-corrected chi connectivity index (χ1v) is 8.23. The molecule has 23 heavy (non-hydrogen) atoms. The van der Waals surface area contributed by atoms with Gasteiger partial charge >= 0.3 is 0 Å². The number of hydroxylamine groups is 2. The smallest absolute Gasteiger partial charge is 0.281 e. The van der Waals surface area contributed by atoms with Gasteiger partial charge in [0.2, 0.25) is 0 Å². The number of benzene rings is 1. The molecule has 1 unspecified atom stereocenters. The Hall–Kier alpha value is -1.50. The summed E-state index contributed by atoms with van der Waals surface area (Å²) in [5, 5.41) is 14.7. The van der Waals surface area contributed by atoms with Crippen LogP contribution in [0.2, 0.25) is 5.02 Å². The van der Waals surface area contributed by atoms with Crippen molar-refractivity contribution in [2.75, 3.05) is 39.1 Å². The number of carbonyl (C=O) groups excluding carboxylic acids is 1. The Balaban J connectivity index is 1.86. The molecule has 3 aliphatic heterocycles. The molecular weight excluding hydrogens is 318 g/mol. The molecule has 0 spiro atoms. The third-order valence-corrected chi connectivity index (χ3v) is 5.25. The minimum atomic E-state index is -0.467. The van der Waals surface area contributed by atoms with E-state index < -0.39 is 5.91 Å². The Bertz CT molecular complexity index is 602. The van der Waals surface area contributed by atoms with Gasteiger partial charge in [-0.25, -0.2) is 5.06 Å². The van der Waals surface area contributed by atoms with Gasteiger partial charge in [-0.3, -0.25) is 10.0 Å². The third kappa shape index (κ3) is 2.98. The van der Waals surface area contributed by atoms with Crippen LogP contribution in [0.25, 0.3) is 0 Å². The fourth-order valence-electron chi connectivity index (χ4n) is 3.57. The van der Waals surface area contributed by atoms with Crippen molar-refractivity contribution in [2.45, 2.75) is 18.9 Å². The molecule has 1 atom stereocenters. The Morgan fingerprint density at radius 3 is 2.65 bits per heavy atom. The van der Waals surface area contributed by atoms with Gasteiger partial charge in [-0.05, 0) is 37.9 Å². The number of fused-ring (bicyclic) bond motifs is 3. The van der Waals surface area contributed by atoms with Crippen molar-refractivity contribution < 1.29 is 14.7 Å². The van der Waals surface area contributed by atoms with Crippen molar-refractivity contribution in [3.63, 3.8) is 0 Å². The largest absolute Gasteiger partial charge is 0.496 e. The van der Waals surface area contributed by atoms with E-state index in [1.807, 2.05) is 0 Å². The van der Waals surface area contributed by atoms with E-state index in [0.717, 1.165) is 37.5 Å². The zero-order chi connectivity index (χ0) is 16.6. The van der Waals surface area contributed by atoms with Gasteiger partial charge in [-0.2, -0.15) is 0 Å². The summed E-state index contributed by atoms with van der Waals surface area (Å²) in [5.74, 6) is 0.279. The van der Waals surface area contributed by atoms with Gasteiger partial charge in [0.05, 0.1) is 29.4 Å². The molecule has 4 rings (SSSR count). The molecule has 3 heterocycles. The summed E-state index contributed by atoms with van der Waals surface area (Å²) in [6.07, 6.45) is 2.04. The van der Waals surface area contributed by atoms with Crippen molar-refractivity contribution in [2.24, 2.45) is 5.92 Å². The highest BCUT2D eigenvalue weighted by Crippen LogP contribution is 2.34. The lowest BCUT2D eigenvalue weighted by molar-refractivity contribution is -0.133. The average Bonchev–Trinajstić information content (AvgIpc) is 2.61. The zero-order valence-corrected chi connectivity index (χ0v) is 14.1. The molecule has 6 nitrogen and oxygen atoms in total. The van der Waals surface area contributed by atoms with Crippen LogP contribution in [-0.2, 0) is 0 Å². The van der Waals surface area contributed by atoms with Gasteiger partial charge < -0.3 is 15.0 Å². The highest BCUT2D eigenvalue weighted by molar-refractivity contribution is 6.33. The molecule has 3 saturated heterocycles. The Labute approximate surface area is 140 Å². The van der Waals surface area contributed by atoms with Crippen molar-refractivity contribution >= 4 is 23.2 Å². The molecule has 1 amide bonds. The van der Waals surface area contributed by atoms with E-state index in [4.69, 9.17) is 16.3 Å². The predicted molar refractivity (Wildman–Crippen MR) is 88.5 cm³/mol. The van der Waals surface area contributed by atoms with E-state index in [-0.39, 0.29) is 11.6 Å². The number of hydrogen-bond donors (Lipinski definition) is 2. The molecule has 3 aliphatic rings. The molecule has 7 heteroatoms. The van der Waals surface area contributed by atoms with Crippen LogP contribution in [0.5, 0.6) is 5.75 Å². The van der Waals surface area contributed by atoms with Gasteiger partial charge in [0.25, 0.3) is 5.91 Å². The Kier molecular flexibility index (Phi) is 4.66. The lowest BCUT2D eigenvalue weighted by atomic mass is 9.83. The molecule has 1 aromatic rings. The second-order valence-electron chi connectivity index (χ2n) is 6.14. The number of anilines is 1. The maximum absolute atomic E-state index is 12.8. The zero-order valence-electron chi connectivity index (χ0n) is 13.4. The van der Waals surface area contributed by atoms with E-state index in [9.17, 15) is 10.0 Å². The van der Waals surface area contributed by atoms with Gasteiger partial charge in [0.1, 0.15) is 5.75 Å². The Morgan fingerprint density at radius 2 is 2.13 bits per heavy atom. The normalized spacial score (nSPS) is 26.0. The van der Waals surface area contributed by atoms with Crippen molar-refractivity contribution in [1.29, 1.82) is 0 Å². The standard InChI is InChI=1S/C16H22ClN3O3/c1-18-13-8-15(23-2)11(7-12(13)17)16(21)20(22)14-9-19-5-3-10(14)4-6-19/h7-8,10,14,18,22H,3-6,9H2,1-2H3. The first-order valence-electron chi connectivity index (χ1n) is 7.85. The molecule has 2 N–H and O–H groups in total. The van der Waals surface area contributed by atoms with Gasteiger partial charge in [0, 0.05) is 19.7 Å². The molecule has 0 saturated carbocycles. The molecule has 126 valence electrons. The lowest BCUT2D eigenvalue weighted by Crippen LogP contribution is -2.57. The number of amides is 1. The molecule has 0 aromatic heterocycles. The molecule has 0 radical (unpaired) electrons. The average molecular weight is 340 g/mol. The first kappa shape index (κ1) is 16.4. The van der Waals surface area contributed by atoms with Gasteiger partial charge in [0.15, 0.2) is 0 Å². The summed E-state index contributed by atoms with van der Waals surface area (Å²) in [4.78, 5) is 15.0. The van der Waals surface area contributed by atoms with Crippen LogP contribution < -0.4 is 10.1 Å². The van der Waals surface area contributed by atoms with Crippen LogP contribution in [0, 0.1) is 5.92 Å². The molecule has 1 aromatic carbocycles. The molecule has 3 fully saturated rings. The molecule has 0 aliphatic carbocycles. The minimum absolute atomic E-state index is 0.169. The molecular formula is C16H22ClN3O3. The topological polar surface area (TPSA) is 65.0 Å². The summed E-state index contributed by atoms with van der Waals surface area (Å²) >= 11 is 6.18. The summed E-state index contributed by atoms with van der Waals surface area (Å²) in [7, 11) is 3.24. The lowest BCUT2D eigenvalue weighted by Gasteiger charge is -2.46. The number of halogens is 1. The maximum Gasteiger partial charge on any atom is 0.281 e. The summed E-state index contributed by atoms with van der Waals surface area (Å²) in [6.45, 7) is 2.82.